The molecule has 5 fully saturated rings. The first-order valence-electron chi connectivity index (χ1n) is 20.0. The van der Waals surface area contributed by atoms with Crippen LogP contribution < -0.4 is 0 Å². The first kappa shape index (κ1) is 39.3. The molecule has 0 aliphatic carbocycles. The average molecular weight is 717 g/mol. The first-order chi connectivity index (χ1) is 25.0. The zero-order chi connectivity index (χ0) is 36.9. The summed E-state index contributed by atoms with van der Waals surface area (Å²) in [6.07, 6.45) is 20.7. The fraction of sp³-hybridized carbons (Fsp3) is 0.644. The third kappa shape index (κ3) is 9.46. The van der Waals surface area contributed by atoms with Crippen LogP contribution in [0.15, 0.2) is 84.5 Å². The third-order valence-corrected chi connectivity index (χ3v) is 12.6. The van der Waals surface area contributed by atoms with Crippen molar-refractivity contribution in [2.45, 2.75) is 177 Å². The Morgan fingerprint density at radius 2 is 1.60 bits per heavy atom. The number of aliphatic hydroxyl groups excluding tert-OH is 1. The summed E-state index contributed by atoms with van der Waals surface area (Å²) in [6, 6.07) is 10.4. The Balaban J connectivity index is 1.05. The third-order valence-electron chi connectivity index (χ3n) is 12.6. The van der Waals surface area contributed by atoms with E-state index < -0.39 is 23.4 Å². The largest absolute Gasteiger partial charge is 0.390 e. The van der Waals surface area contributed by atoms with Crippen molar-refractivity contribution in [2.24, 2.45) is 5.92 Å². The van der Waals surface area contributed by atoms with E-state index in [1.54, 1.807) is 6.08 Å². The summed E-state index contributed by atoms with van der Waals surface area (Å²) in [7, 11) is 0. The van der Waals surface area contributed by atoms with Crippen LogP contribution in [-0.4, -0.2) is 82.5 Å². The number of fused-ring (bicyclic) bond motifs is 4. The van der Waals surface area contributed by atoms with Gasteiger partial charge in [0.1, 0.15) is 6.10 Å². The molecule has 1 aromatic rings. The van der Waals surface area contributed by atoms with Gasteiger partial charge >= 0.3 is 0 Å². The van der Waals surface area contributed by atoms with Crippen LogP contribution in [-0.2, 0) is 23.7 Å². The summed E-state index contributed by atoms with van der Waals surface area (Å²) in [4.78, 5) is 0. The molecule has 7 nitrogen and oxygen atoms in total. The summed E-state index contributed by atoms with van der Waals surface area (Å²) in [5, 5.41) is 23.0. The number of hydrogen-bond donors (Lipinski definition) is 2. The van der Waals surface area contributed by atoms with Gasteiger partial charge in [-0.2, -0.15) is 0 Å². The normalized spacial score (nSPS) is 41.6. The second-order valence-electron chi connectivity index (χ2n) is 16.7. The lowest BCUT2D eigenvalue weighted by Gasteiger charge is -2.48. The van der Waals surface area contributed by atoms with Gasteiger partial charge < -0.3 is 33.9 Å². The fourth-order valence-electron chi connectivity index (χ4n) is 9.07. The predicted molar refractivity (Wildman–Crippen MR) is 207 cm³/mol. The highest BCUT2D eigenvalue weighted by Gasteiger charge is 2.56. The van der Waals surface area contributed by atoms with E-state index in [2.05, 4.69) is 88.9 Å². The topological polar surface area (TPSA) is 86.6 Å². The highest BCUT2D eigenvalue weighted by molar-refractivity contribution is 5.51. The van der Waals surface area contributed by atoms with Crippen LogP contribution in [0.4, 0.5) is 0 Å². The number of allylic oxidation sites excluding steroid dienone is 8. The van der Waals surface area contributed by atoms with Crippen LogP contribution in [0.5, 0.6) is 0 Å². The van der Waals surface area contributed by atoms with Crippen molar-refractivity contribution in [3.63, 3.8) is 0 Å². The maximum Gasteiger partial charge on any atom is 0.111 e. The van der Waals surface area contributed by atoms with E-state index in [9.17, 15) is 10.2 Å². The summed E-state index contributed by atoms with van der Waals surface area (Å²) < 4.78 is 34.1. The molecule has 5 aliphatic rings. The molecule has 5 heterocycles. The van der Waals surface area contributed by atoms with E-state index in [1.807, 2.05) is 19.1 Å². The SMILES string of the molecule is C=C/C=C\CCC1OC2CCC3(C)OC4C(O)CC5OC(CC/C=C(C)/C(C)=C/C=C\c6ccccc6)C(C)CC5OC4CC3OC2CCC1(C)O. The van der Waals surface area contributed by atoms with Crippen LogP contribution in [0, 0.1) is 5.92 Å². The van der Waals surface area contributed by atoms with Crippen molar-refractivity contribution >= 4 is 6.08 Å². The van der Waals surface area contributed by atoms with Gasteiger partial charge in [0, 0.05) is 12.8 Å². The highest BCUT2D eigenvalue weighted by Crippen LogP contribution is 2.46. The Hall–Kier alpha value is -2.36. The molecule has 0 amide bonds. The fourth-order valence-corrected chi connectivity index (χ4v) is 9.07. The van der Waals surface area contributed by atoms with Crippen LogP contribution in [0.2, 0.25) is 0 Å². The first-order valence-corrected chi connectivity index (χ1v) is 20.0. The van der Waals surface area contributed by atoms with Crippen LogP contribution in [0.25, 0.3) is 6.08 Å². The van der Waals surface area contributed by atoms with Gasteiger partial charge in [-0.15, -0.1) is 0 Å². The molecule has 52 heavy (non-hydrogen) atoms. The lowest BCUT2D eigenvalue weighted by Crippen LogP contribution is -2.59. The van der Waals surface area contributed by atoms with Gasteiger partial charge in [-0.25, -0.2) is 0 Å². The molecular weight excluding hydrogens is 652 g/mol. The van der Waals surface area contributed by atoms with Crippen molar-refractivity contribution in [3.05, 3.63) is 90.1 Å². The van der Waals surface area contributed by atoms with Crippen molar-refractivity contribution in [3.8, 4) is 0 Å². The van der Waals surface area contributed by atoms with E-state index in [0.717, 1.165) is 51.4 Å². The summed E-state index contributed by atoms with van der Waals surface area (Å²) in [6.45, 7) is 14.4. The van der Waals surface area contributed by atoms with E-state index >= 15 is 0 Å². The van der Waals surface area contributed by atoms with Gasteiger partial charge in [-0.1, -0.05) is 91.9 Å². The van der Waals surface area contributed by atoms with Crippen molar-refractivity contribution in [1.82, 2.24) is 0 Å². The molecule has 0 bridgehead atoms. The number of aliphatic hydroxyl groups is 2. The zero-order valence-corrected chi connectivity index (χ0v) is 32.2. The Morgan fingerprint density at radius 3 is 2.38 bits per heavy atom. The van der Waals surface area contributed by atoms with E-state index in [-0.39, 0.29) is 48.8 Å². The smallest absolute Gasteiger partial charge is 0.111 e. The van der Waals surface area contributed by atoms with Crippen LogP contribution in [0.3, 0.4) is 0 Å². The second kappa shape index (κ2) is 17.4. The van der Waals surface area contributed by atoms with Crippen molar-refractivity contribution < 1.29 is 33.9 Å². The average Bonchev–Trinajstić information content (AvgIpc) is 3.39. The van der Waals surface area contributed by atoms with E-state index in [4.69, 9.17) is 23.7 Å². The Labute approximate surface area is 312 Å². The van der Waals surface area contributed by atoms with Crippen LogP contribution in [0.1, 0.15) is 111 Å². The second-order valence-corrected chi connectivity index (χ2v) is 16.7. The van der Waals surface area contributed by atoms with Crippen molar-refractivity contribution in [1.29, 1.82) is 0 Å². The summed E-state index contributed by atoms with van der Waals surface area (Å²) >= 11 is 0. The Kier molecular flexibility index (Phi) is 13.2. The molecule has 2 N–H and O–H groups in total. The molecule has 13 unspecified atom stereocenters. The van der Waals surface area contributed by atoms with Gasteiger partial charge in [-0.05, 0) is 103 Å². The minimum absolute atomic E-state index is 0.0894. The molecule has 7 heteroatoms. The molecule has 1 aromatic carbocycles. The Morgan fingerprint density at radius 1 is 0.846 bits per heavy atom. The number of rotatable bonds is 10. The summed E-state index contributed by atoms with van der Waals surface area (Å²) in [5.41, 5.74) is 2.25. The molecule has 0 saturated carbocycles. The van der Waals surface area contributed by atoms with E-state index in [0.29, 0.717) is 25.2 Å². The number of ether oxygens (including phenoxy) is 5. The minimum Gasteiger partial charge on any atom is -0.390 e. The molecule has 5 aliphatic heterocycles. The van der Waals surface area contributed by atoms with Gasteiger partial charge in [0.2, 0.25) is 0 Å². The maximum absolute atomic E-state index is 11.6. The lowest BCUT2D eigenvalue weighted by atomic mass is 9.83. The Bertz CT molecular complexity index is 1450. The standard InChI is InChI=1S/C45H64O7/c1-7-8-9-13-22-41-44(5,47)25-23-36-37(50-41)24-26-45(6)42(51-36)29-40-43(52-45)34(46)28-39-38(49-40)27-32(4)35(48-39)21-15-17-31(3)30(2)16-14-20-33-18-11-10-12-19-33/h7-12,14,16-20,32,34-43,46-47H,1,13,15,21-29H2,2-6H3/b9-8-,20-14-,30-16+,31-17+. The van der Waals surface area contributed by atoms with Crippen molar-refractivity contribution in [2.75, 3.05) is 0 Å². The number of hydrogen-bond acceptors (Lipinski definition) is 7. The molecule has 0 aromatic heterocycles. The maximum atomic E-state index is 11.6. The van der Waals surface area contributed by atoms with Gasteiger partial charge in [0.15, 0.2) is 0 Å². The zero-order valence-electron chi connectivity index (χ0n) is 32.2. The number of benzene rings is 1. The molecule has 286 valence electrons. The van der Waals surface area contributed by atoms with Gasteiger partial charge in [0.05, 0.1) is 66.1 Å². The lowest BCUT2D eigenvalue weighted by molar-refractivity contribution is -0.268. The molecular formula is C45H64O7. The highest BCUT2D eigenvalue weighted by atomic mass is 16.6. The van der Waals surface area contributed by atoms with Crippen LogP contribution >= 0.6 is 0 Å². The minimum atomic E-state index is -0.917. The molecule has 6 rings (SSSR count). The molecule has 0 radical (unpaired) electrons. The monoisotopic (exact) mass is 716 g/mol. The molecule has 13 atom stereocenters. The van der Waals surface area contributed by atoms with Gasteiger partial charge in [0.25, 0.3) is 0 Å². The molecule has 0 spiro atoms. The summed E-state index contributed by atoms with van der Waals surface area (Å²) in [5.74, 6) is 0.342. The predicted octanol–water partition coefficient (Wildman–Crippen LogP) is 8.60. The van der Waals surface area contributed by atoms with Gasteiger partial charge in [-0.3, -0.25) is 0 Å². The van der Waals surface area contributed by atoms with E-state index in [1.165, 1.54) is 16.7 Å². The quantitative estimate of drug-likeness (QED) is 0.235. The molecule has 5 saturated heterocycles.